The number of hydrogen-bond acceptors (Lipinski definition) is 2. The summed E-state index contributed by atoms with van der Waals surface area (Å²) in [6, 6.07) is 8.43. The molecule has 106 valence electrons. The third-order valence-electron chi connectivity index (χ3n) is 4.76. The molecule has 1 aliphatic carbocycles. The molecular weight excluding hydrogens is 248 g/mol. The van der Waals surface area contributed by atoms with Gasteiger partial charge < -0.3 is 4.74 Å². The van der Waals surface area contributed by atoms with E-state index in [0.29, 0.717) is 11.5 Å². The Bertz CT molecular complexity index is 509. The van der Waals surface area contributed by atoms with Crippen LogP contribution >= 0.6 is 0 Å². The van der Waals surface area contributed by atoms with Crippen molar-refractivity contribution in [2.75, 3.05) is 0 Å². The fourth-order valence-corrected chi connectivity index (χ4v) is 3.59. The summed E-state index contributed by atoms with van der Waals surface area (Å²) >= 11 is 0. The molecule has 3 rings (SSSR count). The highest BCUT2D eigenvalue weighted by Crippen LogP contribution is 2.43. The molecule has 20 heavy (non-hydrogen) atoms. The molecule has 1 saturated heterocycles. The second kappa shape index (κ2) is 5.43. The van der Waals surface area contributed by atoms with Gasteiger partial charge in [0.1, 0.15) is 6.10 Å². The fraction of sp³-hybridized carbons (Fsp3) is 0.500. The summed E-state index contributed by atoms with van der Waals surface area (Å²) in [6.07, 6.45) is 6.17. The van der Waals surface area contributed by atoms with Crippen LogP contribution in [0.5, 0.6) is 0 Å². The molecular formula is C18H22O2. The molecule has 2 atom stereocenters. The highest BCUT2D eigenvalue weighted by molar-refractivity contribution is 5.92. The maximum Gasteiger partial charge on any atom is 0.334 e. The molecule has 1 aromatic rings. The first-order valence-electron chi connectivity index (χ1n) is 7.63. The van der Waals surface area contributed by atoms with Crippen molar-refractivity contribution in [3.05, 3.63) is 47.5 Å². The molecule has 0 amide bonds. The Morgan fingerprint density at radius 3 is 2.40 bits per heavy atom. The second-order valence-corrected chi connectivity index (χ2v) is 6.18. The van der Waals surface area contributed by atoms with Crippen molar-refractivity contribution in [1.82, 2.24) is 0 Å². The molecule has 0 spiro atoms. The number of esters is 1. The molecule has 0 radical (unpaired) electrons. The van der Waals surface area contributed by atoms with E-state index in [1.165, 1.54) is 43.2 Å². The smallest absolute Gasteiger partial charge is 0.334 e. The standard InChI is InChI=1S/C18H22O2/c1-12-8-10-14(11-9-12)16-13(2)18(19)20-17(16)15-6-4-3-5-7-15/h8-11,15-17H,2-7H2,1H3/t16-,17+/m0/s1. The number of aryl methyl sites for hydroxylation is 1. The Balaban J connectivity index is 1.89. The predicted octanol–water partition coefficient (Wildman–Crippen LogP) is 4.14. The van der Waals surface area contributed by atoms with E-state index >= 15 is 0 Å². The van der Waals surface area contributed by atoms with Gasteiger partial charge in [-0.25, -0.2) is 4.79 Å². The van der Waals surface area contributed by atoms with Gasteiger partial charge >= 0.3 is 5.97 Å². The van der Waals surface area contributed by atoms with Gasteiger partial charge in [-0.3, -0.25) is 0 Å². The van der Waals surface area contributed by atoms with Crippen LogP contribution in [-0.2, 0) is 9.53 Å². The third kappa shape index (κ3) is 2.39. The lowest BCUT2D eigenvalue weighted by Gasteiger charge is -2.30. The summed E-state index contributed by atoms with van der Waals surface area (Å²) in [7, 11) is 0. The number of carbonyl (C=O) groups excluding carboxylic acids is 1. The number of carbonyl (C=O) groups is 1. The predicted molar refractivity (Wildman–Crippen MR) is 79.5 cm³/mol. The molecule has 1 aliphatic heterocycles. The van der Waals surface area contributed by atoms with Crippen LogP contribution in [0.1, 0.15) is 49.1 Å². The maximum absolute atomic E-state index is 12.0. The third-order valence-corrected chi connectivity index (χ3v) is 4.76. The fourth-order valence-electron chi connectivity index (χ4n) is 3.59. The zero-order valence-electron chi connectivity index (χ0n) is 12.1. The van der Waals surface area contributed by atoms with Gasteiger partial charge in [0.05, 0.1) is 5.92 Å². The SMILES string of the molecule is C=C1C(=O)O[C@H](C2CCCCC2)[C@@H]1c1ccc(C)cc1. The van der Waals surface area contributed by atoms with E-state index in [-0.39, 0.29) is 18.0 Å². The van der Waals surface area contributed by atoms with E-state index in [2.05, 4.69) is 37.8 Å². The lowest BCUT2D eigenvalue weighted by Crippen LogP contribution is -2.27. The molecule has 2 aliphatic rings. The van der Waals surface area contributed by atoms with Crippen LogP contribution in [-0.4, -0.2) is 12.1 Å². The van der Waals surface area contributed by atoms with Crippen LogP contribution in [0.4, 0.5) is 0 Å². The van der Waals surface area contributed by atoms with Crippen LogP contribution in [0, 0.1) is 12.8 Å². The maximum atomic E-state index is 12.0. The Kier molecular flexibility index (Phi) is 3.64. The van der Waals surface area contributed by atoms with E-state index in [0.717, 1.165) is 0 Å². The van der Waals surface area contributed by atoms with Gasteiger partial charge in [0.2, 0.25) is 0 Å². The molecule has 2 fully saturated rings. The molecule has 0 N–H and O–H groups in total. The van der Waals surface area contributed by atoms with Crippen LogP contribution in [0.15, 0.2) is 36.4 Å². The number of hydrogen-bond donors (Lipinski definition) is 0. The van der Waals surface area contributed by atoms with Crippen molar-refractivity contribution in [3.8, 4) is 0 Å². The van der Waals surface area contributed by atoms with E-state index in [1.54, 1.807) is 0 Å². The zero-order chi connectivity index (χ0) is 14.1. The lowest BCUT2D eigenvalue weighted by molar-refractivity contribution is -0.141. The van der Waals surface area contributed by atoms with Crippen LogP contribution < -0.4 is 0 Å². The van der Waals surface area contributed by atoms with E-state index < -0.39 is 0 Å². The number of cyclic esters (lactones) is 1. The highest BCUT2D eigenvalue weighted by Gasteiger charge is 2.43. The zero-order valence-corrected chi connectivity index (χ0v) is 12.1. The van der Waals surface area contributed by atoms with Gasteiger partial charge in [0, 0.05) is 5.57 Å². The first-order valence-corrected chi connectivity index (χ1v) is 7.63. The van der Waals surface area contributed by atoms with E-state index in [4.69, 9.17) is 4.74 Å². The highest BCUT2D eigenvalue weighted by atomic mass is 16.6. The molecule has 1 aromatic carbocycles. The van der Waals surface area contributed by atoms with Gasteiger partial charge in [-0.15, -0.1) is 0 Å². The molecule has 2 nitrogen and oxygen atoms in total. The summed E-state index contributed by atoms with van der Waals surface area (Å²) in [5.74, 6) is 0.343. The van der Waals surface area contributed by atoms with Gasteiger partial charge in [0.15, 0.2) is 0 Å². The molecule has 1 saturated carbocycles. The van der Waals surface area contributed by atoms with Gasteiger partial charge in [-0.1, -0.05) is 55.7 Å². The summed E-state index contributed by atoms with van der Waals surface area (Å²) in [5, 5.41) is 0. The minimum atomic E-state index is -0.203. The first-order chi connectivity index (χ1) is 9.66. The van der Waals surface area contributed by atoms with Crippen molar-refractivity contribution >= 4 is 5.97 Å². The minimum absolute atomic E-state index is 0.00185. The summed E-state index contributed by atoms with van der Waals surface area (Å²) in [6.45, 7) is 6.06. The van der Waals surface area contributed by atoms with Crippen molar-refractivity contribution in [3.63, 3.8) is 0 Å². The molecule has 2 heteroatoms. The molecule has 0 unspecified atom stereocenters. The van der Waals surface area contributed by atoms with Crippen LogP contribution in [0.3, 0.4) is 0 Å². The second-order valence-electron chi connectivity index (χ2n) is 6.18. The molecule has 1 heterocycles. The normalized spacial score (nSPS) is 27.6. The van der Waals surface area contributed by atoms with Crippen molar-refractivity contribution in [1.29, 1.82) is 0 Å². The Labute approximate surface area is 120 Å². The number of ether oxygens (including phenoxy) is 1. The average Bonchev–Trinajstić information content (AvgIpc) is 2.77. The van der Waals surface area contributed by atoms with Gasteiger partial charge in [0.25, 0.3) is 0 Å². The monoisotopic (exact) mass is 270 g/mol. The van der Waals surface area contributed by atoms with Crippen molar-refractivity contribution in [2.45, 2.75) is 51.0 Å². The lowest BCUT2D eigenvalue weighted by atomic mass is 9.77. The Hall–Kier alpha value is -1.57. The Morgan fingerprint density at radius 1 is 1.10 bits per heavy atom. The number of benzene rings is 1. The van der Waals surface area contributed by atoms with Crippen molar-refractivity contribution < 1.29 is 9.53 Å². The average molecular weight is 270 g/mol. The van der Waals surface area contributed by atoms with Crippen LogP contribution in [0.25, 0.3) is 0 Å². The van der Waals surface area contributed by atoms with E-state index in [9.17, 15) is 4.79 Å². The summed E-state index contributed by atoms with van der Waals surface area (Å²) in [4.78, 5) is 12.0. The molecule has 0 aromatic heterocycles. The number of rotatable bonds is 2. The molecule has 0 bridgehead atoms. The van der Waals surface area contributed by atoms with E-state index in [1.807, 2.05) is 0 Å². The van der Waals surface area contributed by atoms with Gasteiger partial charge in [-0.05, 0) is 31.2 Å². The Morgan fingerprint density at radius 2 is 1.75 bits per heavy atom. The van der Waals surface area contributed by atoms with Crippen LogP contribution in [0.2, 0.25) is 0 Å². The largest absolute Gasteiger partial charge is 0.458 e. The topological polar surface area (TPSA) is 26.3 Å². The minimum Gasteiger partial charge on any atom is -0.458 e. The summed E-state index contributed by atoms with van der Waals surface area (Å²) < 4.78 is 5.67. The van der Waals surface area contributed by atoms with Gasteiger partial charge in [-0.2, -0.15) is 0 Å². The first kappa shape index (κ1) is 13.4. The quantitative estimate of drug-likeness (QED) is 0.596. The van der Waals surface area contributed by atoms with Crippen molar-refractivity contribution in [2.24, 2.45) is 5.92 Å². The summed E-state index contributed by atoms with van der Waals surface area (Å²) in [5.41, 5.74) is 3.03.